The average Bonchev–Trinajstić information content (AvgIpc) is 2.10. The smallest absolute Gasteiger partial charge is 0.0621 e. The fourth-order valence-corrected chi connectivity index (χ4v) is 1.72. The number of nitrogens with one attached hydrogen (secondary N) is 1. The molecule has 74 valence electrons. The minimum atomic E-state index is -0.141. The number of unbranched alkanes of at least 4 members (excludes halogenated alkanes) is 1. The zero-order valence-corrected chi connectivity index (χ0v) is 8.51. The second-order valence-corrected chi connectivity index (χ2v) is 4.39. The summed E-state index contributed by atoms with van der Waals surface area (Å²) in [5, 5.41) is 12.9. The summed E-state index contributed by atoms with van der Waals surface area (Å²) < 4.78 is 0. The lowest BCUT2D eigenvalue weighted by Crippen LogP contribution is -2.60. The molecule has 1 saturated carbocycles. The van der Waals surface area contributed by atoms with Crippen molar-refractivity contribution in [1.29, 1.82) is 0 Å². The number of hydrogen-bond donors (Lipinski definition) is 2. The maximum atomic E-state index is 9.48. The van der Waals surface area contributed by atoms with Crippen LogP contribution in [0, 0.1) is 17.8 Å². The first-order valence-electron chi connectivity index (χ1n) is 4.94. The van der Waals surface area contributed by atoms with Gasteiger partial charge in [0.25, 0.3) is 0 Å². The van der Waals surface area contributed by atoms with Crippen LogP contribution in [0.4, 0.5) is 0 Å². The highest BCUT2D eigenvalue weighted by Crippen LogP contribution is 2.40. The van der Waals surface area contributed by atoms with Crippen molar-refractivity contribution in [3.8, 4) is 12.3 Å². The lowest BCUT2D eigenvalue weighted by molar-refractivity contribution is -0.0722. The van der Waals surface area contributed by atoms with Crippen LogP contribution >= 0.6 is 0 Å². The van der Waals surface area contributed by atoms with Gasteiger partial charge in [0.2, 0.25) is 0 Å². The van der Waals surface area contributed by atoms with Crippen LogP contribution in [-0.4, -0.2) is 23.8 Å². The summed E-state index contributed by atoms with van der Waals surface area (Å²) >= 11 is 0. The van der Waals surface area contributed by atoms with E-state index in [4.69, 9.17) is 6.42 Å². The molecule has 2 N–H and O–H groups in total. The summed E-state index contributed by atoms with van der Waals surface area (Å²) in [5.74, 6) is 2.62. The normalized spacial score (nSPS) is 30.6. The van der Waals surface area contributed by atoms with Crippen molar-refractivity contribution in [2.45, 2.75) is 45.3 Å². The Kier molecular flexibility index (Phi) is 3.35. The van der Waals surface area contributed by atoms with Gasteiger partial charge in [-0.2, -0.15) is 0 Å². The second kappa shape index (κ2) is 4.13. The molecule has 2 nitrogen and oxygen atoms in total. The maximum absolute atomic E-state index is 9.48. The Hall–Kier alpha value is -0.520. The zero-order chi connectivity index (χ0) is 9.90. The van der Waals surface area contributed by atoms with Gasteiger partial charge >= 0.3 is 0 Å². The van der Waals surface area contributed by atoms with E-state index in [1.165, 1.54) is 0 Å². The molecule has 0 aromatic heterocycles. The molecule has 0 saturated heterocycles. The van der Waals surface area contributed by atoms with E-state index in [9.17, 15) is 5.11 Å². The van der Waals surface area contributed by atoms with Crippen molar-refractivity contribution in [3.05, 3.63) is 0 Å². The largest absolute Gasteiger partial charge is 0.392 e. The van der Waals surface area contributed by atoms with E-state index in [1.54, 1.807) is 0 Å². The third-order valence-corrected chi connectivity index (χ3v) is 3.10. The lowest BCUT2D eigenvalue weighted by atomic mass is 9.64. The fourth-order valence-electron chi connectivity index (χ4n) is 1.72. The van der Waals surface area contributed by atoms with E-state index in [-0.39, 0.29) is 11.5 Å². The quantitative estimate of drug-likeness (QED) is 0.503. The molecule has 2 heteroatoms. The molecule has 13 heavy (non-hydrogen) atoms. The molecule has 0 radical (unpaired) electrons. The van der Waals surface area contributed by atoms with Gasteiger partial charge < -0.3 is 10.4 Å². The van der Waals surface area contributed by atoms with Crippen LogP contribution < -0.4 is 5.32 Å². The van der Waals surface area contributed by atoms with Gasteiger partial charge in [0.05, 0.1) is 6.10 Å². The van der Waals surface area contributed by atoms with E-state index in [1.807, 2.05) is 0 Å². The standard InChI is InChI=1S/C11H19NO/c1-4-5-6-7-12-9-8-10(13)11(9,2)3/h1,9-10,12-13H,5-8H2,2-3H3. The predicted molar refractivity (Wildman–Crippen MR) is 54.3 cm³/mol. The topological polar surface area (TPSA) is 32.3 Å². The number of aliphatic hydroxyl groups is 1. The molecule has 0 aromatic carbocycles. The summed E-state index contributed by atoms with van der Waals surface area (Å²) in [7, 11) is 0. The highest BCUT2D eigenvalue weighted by molar-refractivity contribution is 5.01. The summed E-state index contributed by atoms with van der Waals surface area (Å²) in [6.07, 6.45) is 7.75. The second-order valence-electron chi connectivity index (χ2n) is 4.39. The Morgan fingerprint density at radius 1 is 1.62 bits per heavy atom. The summed E-state index contributed by atoms with van der Waals surface area (Å²) in [4.78, 5) is 0. The van der Waals surface area contributed by atoms with Crippen molar-refractivity contribution < 1.29 is 5.11 Å². The highest BCUT2D eigenvalue weighted by Gasteiger charge is 2.46. The molecule has 1 aliphatic carbocycles. The molecule has 0 aromatic rings. The van der Waals surface area contributed by atoms with Crippen LogP contribution in [0.1, 0.15) is 33.1 Å². The Morgan fingerprint density at radius 2 is 2.31 bits per heavy atom. The molecule has 0 heterocycles. The molecule has 2 atom stereocenters. The fraction of sp³-hybridized carbons (Fsp3) is 0.818. The van der Waals surface area contributed by atoms with Crippen molar-refractivity contribution in [1.82, 2.24) is 5.32 Å². The predicted octanol–water partition coefficient (Wildman–Crippen LogP) is 1.15. The molecule has 0 bridgehead atoms. The van der Waals surface area contributed by atoms with Gasteiger partial charge in [-0.15, -0.1) is 12.3 Å². The molecule has 0 amide bonds. The van der Waals surface area contributed by atoms with E-state index in [0.717, 1.165) is 25.8 Å². The van der Waals surface area contributed by atoms with Crippen LogP contribution in [0.25, 0.3) is 0 Å². The number of aliphatic hydroxyl groups excluding tert-OH is 1. The highest BCUT2D eigenvalue weighted by atomic mass is 16.3. The molecule has 2 unspecified atom stereocenters. The van der Waals surface area contributed by atoms with Crippen molar-refractivity contribution in [3.63, 3.8) is 0 Å². The summed E-state index contributed by atoms with van der Waals surface area (Å²) in [5.41, 5.74) is 0.0378. The van der Waals surface area contributed by atoms with Gasteiger partial charge in [-0.3, -0.25) is 0 Å². The third-order valence-electron chi connectivity index (χ3n) is 3.10. The van der Waals surface area contributed by atoms with Gasteiger partial charge in [0.1, 0.15) is 0 Å². The molecular formula is C11H19NO. The summed E-state index contributed by atoms with van der Waals surface area (Å²) in [6, 6.07) is 0.459. The van der Waals surface area contributed by atoms with E-state index in [0.29, 0.717) is 6.04 Å². The maximum Gasteiger partial charge on any atom is 0.0621 e. The number of hydrogen-bond acceptors (Lipinski definition) is 2. The molecule has 1 fully saturated rings. The van der Waals surface area contributed by atoms with Crippen LogP contribution in [0.2, 0.25) is 0 Å². The first kappa shape index (κ1) is 10.6. The van der Waals surface area contributed by atoms with Crippen molar-refractivity contribution >= 4 is 0 Å². The van der Waals surface area contributed by atoms with Gasteiger partial charge in [0, 0.05) is 17.9 Å². The van der Waals surface area contributed by atoms with Crippen LogP contribution in [0.15, 0.2) is 0 Å². The zero-order valence-electron chi connectivity index (χ0n) is 8.51. The Bertz CT molecular complexity index is 205. The van der Waals surface area contributed by atoms with Gasteiger partial charge in [-0.25, -0.2) is 0 Å². The van der Waals surface area contributed by atoms with Gasteiger partial charge in [-0.1, -0.05) is 13.8 Å². The van der Waals surface area contributed by atoms with Crippen LogP contribution in [-0.2, 0) is 0 Å². The van der Waals surface area contributed by atoms with Crippen LogP contribution in [0.5, 0.6) is 0 Å². The van der Waals surface area contributed by atoms with Gasteiger partial charge in [0.15, 0.2) is 0 Å². The van der Waals surface area contributed by atoms with E-state index < -0.39 is 0 Å². The number of terminal acetylenes is 1. The van der Waals surface area contributed by atoms with E-state index in [2.05, 4.69) is 25.1 Å². The third kappa shape index (κ3) is 2.24. The minimum absolute atomic E-state index is 0.0378. The molecule has 0 aliphatic heterocycles. The molecule has 0 spiro atoms. The summed E-state index contributed by atoms with van der Waals surface area (Å²) in [6.45, 7) is 5.16. The Balaban J connectivity index is 2.15. The minimum Gasteiger partial charge on any atom is -0.392 e. The molecule has 1 rings (SSSR count). The number of rotatable bonds is 4. The van der Waals surface area contributed by atoms with Crippen LogP contribution in [0.3, 0.4) is 0 Å². The monoisotopic (exact) mass is 181 g/mol. The SMILES string of the molecule is C#CCCCNC1CC(O)C1(C)C. The molecular weight excluding hydrogens is 162 g/mol. The van der Waals surface area contributed by atoms with Gasteiger partial charge in [-0.05, 0) is 19.4 Å². The first-order chi connectivity index (χ1) is 6.09. The average molecular weight is 181 g/mol. The van der Waals surface area contributed by atoms with E-state index >= 15 is 0 Å². The van der Waals surface area contributed by atoms with Crippen molar-refractivity contribution in [2.75, 3.05) is 6.54 Å². The van der Waals surface area contributed by atoms with Crippen molar-refractivity contribution in [2.24, 2.45) is 5.41 Å². The lowest BCUT2D eigenvalue weighted by Gasteiger charge is -2.49. The first-order valence-corrected chi connectivity index (χ1v) is 4.94. The Labute approximate surface area is 80.7 Å². The Morgan fingerprint density at radius 3 is 2.77 bits per heavy atom. The molecule has 1 aliphatic rings.